The summed E-state index contributed by atoms with van der Waals surface area (Å²) < 4.78 is 33.1. The standard InChI is InChI=1S/C19H25N3O4S/c1-4-26-16-10-8-15(9-11-16)22-27(24,25)17-7-5-6-14(12-17)18(23)21-19(2,3)13-20/h5-12,22H,4,13,20H2,1-3H3,(H,21,23). The van der Waals surface area contributed by atoms with E-state index in [1.54, 1.807) is 44.2 Å². The molecule has 0 heterocycles. The smallest absolute Gasteiger partial charge is 0.261 e. The number of sulfonamides is 1. The number of anilines is 1. The Labute approximate surface area is 160 Å². The molecule has 0 saturated heterocycles. The summed E-state index contributed by atoms with van der Waals surface area (Å²) >= 11 is 0. The van der Waals surface area contributed by atoms with Crippen molar-refractivity contribution in [2.75, 3.05) is 17.9 Å². The zero-order valence-corrected chi connectivity index (χ0v) is 16.5. The molecule has 0 atom stereocenters. The highest BCUT2D eigenvalue weighted by atomic mass is 32.2. The van der Waals surface area contributed by atoms with Crippen molar-refractivity contribution >= 4 is 21.6 Å². The van der Waals surface area contributed by atoms with Crippen LogP contribution in [0, 0.1) is 0 Å². The minimum Gasteiger partial charge on any atom is -0.494 e. The second-order valence-electron chi connectivity index (χ2n) is 6.63. The van der Waals surface area contributed by atoms with Gasteiger partial charge in [-0.15, -0.1) is 0 Å². The van der Waals surface area contributed by atoms with Crippen molar-refractivity contribution in [2.24, 2.45) is 5.73 Å². The third-order valence-electron chi connectivity index (χ3n) is 3.79. The SMILES string of the molecule is CCOc1ccc(NS(=O)(=O)c2cccc(C(=O)NC(C)(C)CN)c2)cc1. The average Bonchev–Trinajstić information content (AvgIpc) is 2.63. The molecule has 27 heavy (non-hydrogen) atoms. The van der Waals surface area contributed by atoms with Gasteiger partial charge in [-0.25, -0.2) is 8.42 Å². The van der Waals surface area contributed by atoms with E-state index in [2.05, 4.69) is 10.0 Å². The topological polar surface area (TPSA) is 111 Å². The predicted molar refractivity (Wildman–Crippen MR) is 105 cm³/mol. The Morgan fingerprint density at radius 3 is 2.41 bits per heavy atom. The first kappa shape index (κ1) is 20.7. The van der Waals surface area contributed by atoms with Gasteiger partial charge in [0.1, 0.15) is 5.75 Å². The fourth-order valence-corrected chi connectivity index (χ4v) is 3.34. The molecule has 0 bridgehead atoms. The molecule has 0 aliphatic rings. The lowest BCUT2D eigenvalue weighted by Crippen LogP contribution is -2.48. The van der Waals surface area contributed by atoms with Crippen LogP contribution in [0.5, 0.6) is 5.75 Å². The number of amides is 1. The van der Waals surface area contributed by atoms with Gasteiger partial charge in [0.2, 0.25) is 0 Å². The average molecular weight is 391 g/mol. The van der Waals surface area contributed by atoms with E-state index in [0.717, 1.165) is 0 Å². The maximum Gasteiger partial charge on any atom is 0.261 e. The van der Waals surface area contributed by atoms with Gasteiger partial charge >= 0.3 is 0 Å². The van der Waals surface area contributed by atoms with Crippen molar-refractivity contribution in [3.8, 4) is 5.75 Å². The summed E-state index contributed by atoms with van der Waals surface area (Å²) in [5.74, 6) is 0.269. The second kappa shape index (κ2) is 8.41. The molecule has 2 aromatic carbocycles. The first-order chi connectivity index (χ1) is 12.7. The van der Waals surface area contributed by atoms with Crippen LogP contribution in [-0.2, 0) is 10.0 Å². The van der Waals surface area contributed by atoms with Crippen molar-refractivity contribution in [3.63, 3.8) is 0 Å². The van der Waals surface area contributed by atoms with Crippen LogP contribution in [-0.4, -0.2) is 33.0 Å². The van der Waals surface area contributed by atoms with Gasteiger partial charge in [0.25, 0.3) is 15.9 Å². The maximum absolute atomic E-state index is 12.6. The summed E-state index contributed by atoms with van der Waals surface area (Å²) in [4.78, 5) is 12.4. The highest BCUT2D eigenvalue weighted by Gasteiger charge is 2.21. The van der Waals surface area contributed by atoms with Gasteiger partial charge in [-0.1, -0.05) is 6.07 Å². The zero-order valence-electron chi connectivity index (χ0n) is 15.7. The van der Waals surface area contributed by atoms with Gasteiger partial charge in [0, 0.05) is 23.3 Å². The Morgan fingerprint density at radius 2 is 1.81 bits per heavy atom. The number of nitrogens with two attached hydrogens (primary N) is 1. The summed E-state index contributed by atoms with van der Waals surface area (Å²) in [5.41, 5.74) is 5.67. The summed E-state index contributed by atoms with van der Waals surface area (Å²) in [6.07, 6.45) is 0. The van der Waals surface area contributed by atoms with Crippen molar-refractivity contribution in [1.29, 1.82) is 0 Å². The highest BCUT2D eigenvalue weighted by molar-refractivity contribution is 7.92. The van der Waals surface area contributed by atoms with Gasteiger partial charge in [-0.2, -0.15) is 0 Å². The van der Waals surface area contributed by atoms with Crippen LogP contribution in [0.3, 0.4) is 0 Å². The van der Waals surface area contributed by atoms with Crippen molar-refractivity contribution in [3.05, 3.63) is 54.1 Å². The molecule has 2 rings (SSSR count). The summed E-state index contributed by atoms with van der Waals surface area (Å²) in [6.45, 7) is 6.24. The van der Waals surface area contributed by atoms with E-state index in [-0.39, 0.29) is 22.9 Å². The van der Waals surface area contributed by atoms with Gasteiger partial charge in [0.15, 0.2) is 0 Å². The minimum atomic E-state index is -3.84. The molecule has 0 saturated carbocycles. The molecule has 0 unspecified atom stereocenters. The lowest BCUT2D eigenvalue weighted by molar-refractivity contribution is 0.0915. The van der Waals surface area contributed by atoms with Crippen molar-refractivity contribution < 1.29 is 17.9 Å². The third kappa shape index (κ3) is 5.70. The van der Waals surface area contributed by atoms with Crippen LogP contribution in [0.25, 0.3) is 0 Å². The number of hydrogen-bond acceptors (Lipinski definition) is 5. The summed E-state index contributed by atoms with van der Waals surface area (Å²) in [5, 5.41) is 2.78. The van der Waals surface area contributed by atoms with Crippen LogP contribution in [0.2, 0.25) is 0 Å². The van der Waals surface area contributed by atoms with Crippen LogP contribution in [0.4, 0.5) is 5.69 Å². The number of hydrogen-bond donors (Lipinski definition) is 3. The highest BCUT2D eigenvalue weighted by Crippen LogP contribution is 2.20. The Bertz CT molecular complexity index is 893. The van der Waals surface area contributed by atoms with Gasteiger partial charge in [-0.05, 0) is 63.2 Å². The summed E-state index contributed by atoms with van der Waals surface area (Å²) in [6, 6.07) is 12.4. The fraction of sp³-hybridized carbons (Fsp3) is 0.316. The zero-order chi connectivity index (χ0) is 20.1. The van der Waals surface area contributed by atoms with Crippen LogP contribution < -0.4 is 20.5 Å². The molecule has 0 aliphatic heterocycles. The lowest BCUT2D eigenvalue weighted by atomic mass is 10.1. The summed E-state index contributed by atoms with van der Waals surface area (Å²) in [7, 11) is -3.84. The normalized spacial score (nSPS) is 11.7. The number of benzene rings is 2. The van der Waals surface area contributed by atoms with E-state index >= 15 is 0 Å². The van der Waals surface area contributed by atoms with Crippen LogP contribution in [0.15, 0.2) is 53.4 Å². The molecule has 0 spiro atoms. The largest absolute Gasteiger partial charge is 0.494 e. The van der Waals surface area contributed by atoms with E-state index in [0.29, 0.717) is 18.0 Å². The monoisotopic (exact) mass is 391 g/mol. The Balaban J connectivity index is 2.20. The molecule has 146 valence electrons. The van der Waals surface area contributed by atoms with Crippen molar-refractivity contribution in [2.45, 2.75) is 31.2 Å². The first-order valence-corrected chi connectivity index (χ1v) is 10.0. The molecule has 0 radical (unpaired) electrons. The van der Waals surface area contributed by atoms with Gasteiger partial charge in [-0.3, -0.25) is 9.52 Å². The van der Waals surface area contributed by atoms with E-state index in [1.165, 1.54) is 18.2 Å². The number of carbonyl (C=O) groups excluding carboxylic acids is 1. The second-order valence-corrected chi connectivity index (χ2v) is 8.32. The fourth-order valence-electron chi connectivity index (χ4n) is 2.23. The molecule has 8 heteroatoms. The van der Waals surface area contributed by atoms with E-state index in [9.17, 15) is 13.2 Å². The minimum absolute atomic E-state index is 0.00501. The quantitative estimate of drug-likeness (QED) is 0.640. The Kier molecular flexibility index (Phi) is 6.45. The van der Waals surface area contributed by atoms with Crippen molar-refractivity contribution in [1.82, 2.24) is 5.32 Å². The van der Waals surface area contributed by atoms with E-state index < -0.39 is 15.6 Å². The molecular formula is C19H25N3O4S. The molecule has 0 aromatic heterocycles. The molecule has 4 N–H and O–H groups in total. The lowest BCUT2D eigenvalue weighted by Gasteiger charge is -2.24. The molecule has 2 aromatic rings. The van der Waals surface area contributed by atoms with Gasteiger partial charge < -0.3 is 15.8 Å². The van der Waals surface area contributed by atoms with Gasteiger partial charge in [0.05, 0.1) is 11.5 Å². The molecule has 0 aliphatic carbocycles. The predicted octanol–water partition coefficient (Wildman–Crippen LogP) is 2.35. The third-order valence-corrected chi connectivity index (χ3v) is 5.17. The number of ether oxygens (including phenoxy) is 1. The van der Waals surface area contributed by atoms with E-state index in [1.807, 2.05) is 6.92 Å². The Morgan fingerprint density at radius 1 is 1.15 bits per heavy atom. The molecular weight excluding hydrogens is 366 g/mol. The number of carbonyl (C=O) groups is 1. The first-order valence-electron chi connectivity index (χ1n) is 8.55. The molecule has 1 amide bonds. The van der Waals surface area contributed by atoms with Crippen LogP contribution >= 0.6 is 0 Å². The molecule has 7 nitrogen and oxygen atoms in total. The molecule has 0 fully saturated rings. The number of rotatable bonds is 8. The number of nitrogens with one attached hydrogen (secondary N) is 2. The Hall–Kier alpha value is -2.58. The van der Waals surface area contributed by atoms with Crippen LogP contribution in [0.1, 0.15) is 31.1 Å². The van der Waals surface area contributed by atoms with E-state index in [4.69, 9.17) is 10.5 Å². The maximum atomic E-state index is 12.6.